The fourth-order valence-electron chi connectivity index (χ4n) is 6.11. The van der Waals surface area contributed by atoms with Crippen LogP contribution >= 0.6 is 22.7 Å². The van der Waals surface area contributed by atoms with Gasteiger partial charge in [0.25, 0.3) is 0 Å². The van der Waals surface area contributed by atoms with Crippen molar-refractivity contribution in [2.24, 2.45) is 0 Å². The van der Waals surface area contributed by atoms with Gasteiger partial charge in [-0.1, -0.05) is 78.9 Å². The second-order valence-corrected chi connectivity index (χ2v) is 11.5. The molecule has 0 spiro atoms. The standard InChI is InChI=1S/C32H17NS2/c1-2-8-19-18(7-1)17-33-30(19)23-14-13-21-20-9-3-5-11-25(20)35-32(21)28(23)24-15-16-27-29(31(24)33)22-10-4-6-12-26(22)34-27/h1-17H. The van der Waals surface area contributed by atoms with Crippen LogP contribution in [0.25, 0.3) is 78.3 Å². The molecule has 162 valence electrons. The van der Waals surface area contributed by atoms with Crippen LogP contribution in [0.15, 0.2) is 103 Å². The van der Waals surface area contributed by atoms with E-state index in [1.165, 1.54) is 78.3 Å². The van der Waals surface area contributed by atoms with E-state index in [0.717, 1.165) is 0 Å². The number of rotatable bonds is 0. The highest BCUT2D eigenvalue weighted by Gasteiger charge is 2.19. The maximum atomic E-state index is 2.48. The zero-order chi connectivity index (χ0) is 22.7. The van der Waals surface area contributed by atoms with E-state index in [2.05, 4.69) is 108 Å². The number of benzene rings is 5. The fraction of sp³-hybridized carbons (Fsp3) is 0. The van der Waals surface area contributed by atoms with Gasteiger partial charge in [0.2, 0.25) is 0 Å². The van der Waals surface area contributed by atoms with Gasteiger partial charge in [0.05, 0.1) is 11.0 Å². The molecule has 1 nitrogen and oxygen atoms in total. The lowest BCUT2D eigenvalue weighted by molar-refractivity contribution is 1.31. The Hall–Kier alpha value is -3.92. The first kappa shape index (κ1) is 18.4. The van der Waals surface area contributed by atoms with Gasteiger partial charge in [-0.15, -0.1) is 22.7 Å². The SMILES string of the molecule is c1ccc2c(c1)cn1c2c2ccc3c4ccccc4sc3c2c2ccc3sc4ccccc4c3c21. The molecular formula is C32H17NS2. The van der Waals surface area contributed by atoms with Crippen molar-refractivity contribution in [3.05, 3.63) is 103 Å². The Morgan fingerprint density at radius 3 is 1.97 bits per heavy atom. The summed E-state index contributed by atoms with van der Waals surface area (Å²) in [5, 5.41) is 12.1. The average Bonchev–Trinajstić information content (AvgIpc) is 3.59. The largest absolute Gasteiger partial charge is 0.314 e. The first-order valence-corrected chi connectivity index (χ1v) is 13.5. The lowest BCUT2D eigenvalue weighted by Gasteiger charge is -2.12. The molecule has 0 saturated carbocycles. The molecule has 3 heteroatoms. The minimum atomic E-state index is 1.29. The van der Waals surface area contributed by atoms with Gasteiger partial charge >= 0.3 is 0 Å². The summed E-state index contributed by atoms with van der Waals surface area (Å²) in [5.41, 5.74) is 2.63. The van der Waals surface area contributed by atoms with Crippen LogP contribution in [-0.2, 0) is 0 Å². The summed E-state index contributed by atoms with van der Waals surface area (Å²) >= 11 is 3.82. The van der Waals surface area contributed by atoms with Crippen LogP contribution in [0.4, 0.5) is 0 Å². The quantitative estimate of drug-likeness (QED) is 0.191. The third-order valence-electron chi connectivity index (χ3n) is 7.55. The van der Waals surface area contributed by atoms with Gasteiger partial charge in [-0.2, -0.15) is 0 Å². The summed E-state index contributed by atoms with van der Waals surface area (Å²) in [5.74, 6) is 0. The molecule has 0 radical (unpaired) electrons. The molecule has 0 unspecified atom stereocenters. The monoisotopic (exact) mass is 479 g/mol. The van der Waals surface area contributed by atoms with Crippen LogP contribution in [0, 0.1) is 0 Å². The average molecular weight is 480 g/mol. The smallest absolute Gasteiger partial charge is 0.0628 e. The number of nitrogens with zero attached hydrogens (tertiary/aromatic N) is 1. The molecule has 9 rings (SSSR count). The number of fused-ring (bicyclic) bond motifs is 16. The van der Waals surface area contributed by atoms with Crippen molar-refractivity contribution in [1.82, 2.24) is 4.40 Å². The summed E-state index contributed by atoms with van der Waals surface area (Å²) in [6, 6.07) is 35.9. The Morgan fingerprint density at radius 2 is 1.09 bits per heavy atom. The third kappa shape index (κ3) is 2.23. The van der Waals surface area contributed by atoms with Crippen molar-refractivity contribution in [3.8, 4) is 0 Å². The first-order valence-electron chi connectivity index (χ1n) is 11.9. The second kappa shape index (κ2) is 6.39. The molecule has 0 bridgehead atoms. The van der Waals surface area contributed by atoms with E-state index in [0.29, 0.717) is 0 Å². The number of aromatic nitrogens is 1. The van der Waals surface area contributed by atoms with Crippen molar-refractivity contribution in [1.29, 1.82) is 0 Å². The Labute approximate surface area is 208 Å². The van der Waals surface area contributed by atoms with Crippen molar-refractivity contribution in [2.45, 2.75) is 0 Å². The van der Waals surface area contributed by atoms with Crippen LogP contribution in [-0.4, -0.2) is 4.40 Å². The summed E-state index contributed by atoms with van der Waals surface area (Å²) in [4.78, 5) is 0. The number of hydrogen-bond donors (Lipinski definition) is 0. The summed E-state index contributed by atoms with van der Waals surface area (Å²) in [6.45, 7) is 0. The molecule has 5 aromatic carbocycles. The highest BCUT2D eigenvalue weighted by Crippen LogP contribution is 2.47. The normalized spacial score (nSPS) is 12.6. The van der Waals surface area contributed by atoms with E-state index >= 15 is 0 Å². The molecule has 0 saturated heterocycles. The van der Waals surface area contributed by atoms with Crippen LogP contribution in [0.3, 0.4) is 0 Å². The Bertz CT molecular complexity index is 2330. The summed E-state index contributed by atoms with van der Waals surface area (Å²) in [6.07, 6.45) is 2.34. The third-order valence-corrected chi connectivity index (χ3v) is 9.89. The molecule has 0 amide bonds. The Balaban J connectivity index is 1.69. The lowest BCUT2D eigenvalue weighted by Crippen LogP contribution is -1.91. The van der Waals surface area contributed by atoms with Gasteiger partial charge in [-0.05, 0) is 18.2 Å². The van der Waals surface area contributed by atoms with Gasteiger partial charge in [-0.25, -0.2) is 0 Å². The summed E-state index contributed by atoms with van der Waals surface area (Å²) in [7, 11) is 0. The van der Waals surface area contributed by atoms with Gasteiger partial charge in [0.1, 0.15) is 0 Å². The molecular weight excluding hydrogens is 462 g/mol. The number of thiophene rings is 2. The van der Waals surface area contributed by atoms with E-state index in [9.17, 15) is 0 Å². The molecule has 0 aliphatic heterocycles. The molecule has 0 aliphatic carbocycles. The minimum Gasteiger partial charge on any atom is -0.314 e. The van der Waals surface area contributed by atoms with Crippen molar-refractivity contribution >= 4 is 101 Å². The van der Waals surface area contributed by atoms with Crippen LogP contribution in [0.5, 0.6) is 0 Å². The number of hydrogen-bond acceptors (Lipinski definition) is 2. The molecule has 35 heavy (non-hydrogen) atoms. The van der Waals surface area contributed by atoms with Crippen molar-refractivity contribution in [3.63, 3.8) is 0 Å². The topological polar surface area (TPSA) is 4.41 Å². The molecule has 0 atom stereocenters. The maximum absolute atomic E-state index is 2.48. The predicted octanol–water partition coefficient (Wildman–Crippen LogP) is 10.1. The van der Waals surface area contributed by atoms with E-state index < -0.39 is 0 Å². The van der Waals surface area contributed by atoms with Gasteiger partial charge in [0.15, 0.2) is 0 Å². The van der Waals surface area contributed by atoms with Gasteiger partial charge < -0.3 is 4.40 Å². The molecule has 0 aliphatic rings. The van der Waals surface area contributed by atoms with Crippen LogP contribution in [0.1, 0.15) is 0 Å². The molecule has 0 fully saturated rings. The van der Waals surface area contributed by atoms with E-state index in [-0.39, 0.29) is 0 Å². The highest BCUT2D eigenvalue weighted by atomic mass is 32.1. The van der Waals surface area contributed by atoms with Gasteiger partial charge in [-0.3, -0.25) is 0 Å². The Morgan fingerprint density at radius 1 is 0.429 bits per heavy atom. The summed E-state index contributed by atoms with van der Waals surface area (Å²) < 4.78 is 7.91. The second-order valence-electron chi connectivity index (χ2n) is 9.33. The van der Waals surface area contributed by atoms with Crippen molar-refractivity contribution < 1.29 is 0 Å². The molecule has 4 aromatic heterocycles. The zero-order valence-electron chi connectivity index (χ0n) is 18.6. The van der Waals surface area contributed by atoms with Crippen molar-refractivity contribution in [2.75, 3.05) is 0 Å². The zero-order valence-corrected chi connectivity index (χ0v) is 20.2. The van der Waals surface area contributed by atoms with Crippen LogP contribution in [0.2, 0.25) is 0 Å². The predicted molar refractivity (Wildman–Crippen MR) is 156 cm³/mol. The lowest BCUT2D eigenvalue weighted by atomic mass is 9.99. The van der Waals surface area contributed by atoms with E-state index in [1.54, 1.807) is 0 Å². The van der Waals surface area contributed by atoms with E-state index in [4.69, 9.17) is 0 Å². The number of pyridine rings is 1. The highest BCUT2D eigenvalue weighted by molar-refractivity contribution is 7.27. The fourth-order valence-corrected chi connectivity index (χ4v) is 8.49. The van der Waals surface area contributed by atoms with Crippen LogP contribution < -0.4 is 0 Å². The molecule has 9 aromatic rings. The minimum absolute atomic E-state index is 1.29. The first-order chi connectivity index (χ1) is 17.4. The molecule has 0 N–H and O–H groups in total. The van der Waals surface area contributed by atoms with Gasteiger partial charge in [0, 0.05) is 73.5 Å². The van der Waals surface area contributed by atoms with E-state index in [1.807, 2.05) is 22.7 Å². The Kier molecular flexibility index (Phi) is 3.36. The molecule has 4 heterocycles. The maximum Gasteiger partial charge on any atom is 0.0628 e.